The molecule has 20 heavy (non-hydrogen) atoms. The maximum atomic E-state index is 11.9. The smallest absolute Gasteiger partial charge is 0.271 e. The summed E-state index contributed by atoms with van der Waals surface area (Å²) in [6, 6.07) is 2.85. The van der Waals surface area contributed by atoms with Crippen LogP contribution in [0.2, 0.25) is 0 Å². The molecule has 1 amide bonds. The number of nitrogens with one attached hydrogen (secondary N) is 1. The SMILES string of the molecule is CCCCn1nc(C(=O)NCCCOCC)ccc1=O. The zero-order valence-corrected chi connectivity index (χ0v) is 12.2. The van der Waals surface area contributed by atoms with Crippen LogP contribution in [-0.2, 0) is 11.3 Å². The van der Waals surface area contributed by atoms with E-state index in [9.17, 15) is 9.59 Å². The number of carbonyl (C=O) groups is 1. The first kappa shape index (κ1) is 16.4. The van der Waals surface area contributed by atoms with E-state index in [1.165, 1.54) is 16.8 Å². The molecule has 0 fully saturated rings. The number of hydrogen-bond acceptors (Lipinski definition) is 4. The number of amides is 1. The first-order valence-corrected chi connectivity index (χ1v) is 7.13. The Balaban J connectivity index is 2.53. The lowest BCUT2D eigenvalue weighted by molar-refractivity contribution is 0.0936. The Morgan fingerprint density at radius 3 is 2.85 bits per heavy atom. The third kappa shape index (κ3) is 5.52. The molecule has 0 saturated carbocycles. The average Bonchev–Trinajstić information content (AvgIpc) is 2.46. The highest BCUT2D eigenvalue weighted by Crippen LogP contribution is 1.94. The van der Waals surface area contributed by atoms with Crippen LogP contribution in [0.15, 0.2) is 16.9 Å². The maximum absolute atomic E-state index is 11.9. The van der Waals surface area contributed by atoms with E-state index in [1.54, 1.807) is 0 Å². The molecule has 0 saturated heterocycles. The Kier molecular flexibility index (Phi) is 7.57. The van der Waals surface area contributed by atoms with Gasteiger partial charge >= 0.3 is 0 Å². The Hall–Kier alpha value is -1.69. The molecule has 0 aliphatic rings. The second kappa shape index (κ2) is 9.25. The van der Waals surface area contributed by atoms with Crippen LogP contribution in [0.1, 0.15) is 43.6 Å². The van der Waals surface area contributed by atoms with Gasteiger partial charge in [-0.05, 0) is 25.8 Å². The molecule has 1 N–H and O–H groups in total. The van der Waals surface area contributed by atoms with Gasteiger partial charge in [0.25, 0.3) is 11.5 Å². The van der Waals surface area contributed by atoms with Gasteiger partial charge in [-0.2, -0.15) is 5.10 Å². The predicted molar refractivity (Wildman–Crippen MR) is 76.8 cm³/mol. The van der Waals surface area contributed by atoms with Crippen molar-refractivity contribution in [2.45, 2.75) is 39.7 Å². The number of aryl methyl sites for hydroxylation is 1. The van der Waals surface area contributed by atoms with Crippen molar-refractivity contribution in [3.8, 4) is 0 Å². The number of unbranched alkanes of at least 4 members (excludes halogenated alkanes) is 1. The van der Waals surface area contributed by atoms with Crippen molar-refractivity contribution in [2.75, 3.05) is 19.8 Å². The lowest BCUT2D eigenvalue weighted by Crippen LogP contribution is -2.30. The summed E-state index contributed by atoms with van der Waals surface area (Å²) in [5, 5.41) is 6.85. The first-order chi connectivity index (χ1) is 9.69. The van der Waals surface area contributed by atoms with E-state index in [1.807, 2.05) is 13.8 Å². The molecule has 0 aliphatic heterocycles. The third-order valence-electron chi connectivity index (χ3n) is 2.78. The number of rotatable bonds is 9. The molecule has 1 rings (SSSR count). The summed E-state index contributed by atoms with van der Waals surface area (Å²) in [6.45, 7) is 6.36. The second-order valence-electron chi connectivity index (χ2n) is 4.44. The molecule has 0 spiro atoms. The molecule has 0 unspecified atom stereocenters. The van der Waals surface area contributed by atoms with Crippen molar-refractivity contribution in [3.05, 3.63) is 28.2 Å². The summed E-state index contributed by atoms with van der Waals surface area (Å²) >= 11 is 0. The van der Waals surface area contributed by atoms with Crippen molar-refractivity contribution in [2.24, 2.45) is 0 Å². The number of nitrogens with zero attached hydrogens (tertiary/aromatic N) is 2. The van der Waals surface area contributed by atoms with Gasteiger partial charge in [0.1, 0.15) is 5.69 Å². The molecular weight excluding hydrogens is 258 g/mol. The maximum Gasteiger partial charge on any atom is 0.271 e. The summed E-state index contributed by atoms with van der Waals surface area (Å²) in [7, 11) is 0. The number of aromatic nitrogens is 2. The second-order valence-corrected chi connectivity index (χ2v) is 4.44. The Labute approximate surface area is 119 Å². The summed E-state index contributed by atoms with van der Waals surface area (Å²) < 4.78 is 6.53. The van der Waals surface area contributed by atoms with Crippen LogP contribution in [0.25, 0.3) is 0 Å². The molecule has 6 nitrogen and oxygen atoms in total. The van der Waals surface area contributed by atoms with Gasteiger partial charge in [-0.1, -0.05) is 13.3 Å². The summed E-state index contributed by atoms with van der Waals surface area (Å²) in [5.41, 5.74) is 0.100. The first-order valence-electron chi connectivity index (χ1n) is 7.13. The number of hydrogen-bond donors (Lipinski definition) is 1. The monoisotopic (exact) mass is 281 g/mol. The van der Waals surface area contributed by atoms with E-state index in [0.717, 1.165) is 19.3 Å². The van der Waals surface area contributed by atoms with Gasteiger partial charge in [-0.25, -0.2) is 4.68 Å². The molecule has 1 heterocycles. The fraction of sp³-hybridized carbons (Fsp3) is 0.643. The average molecular weight is 281 g/mol. The molecule has 0 aromatic carbocycles. The quantitative estimate of drug-likeness (QED) is 0.690. The van der Waals surface area contributed by atoms with Gasteiger partial charge in [0.15, 0.2) is 0 Å². The zero-order chi connectivity index (χ0) is 14.8. The van der Waals surface area contributed by atoms with Crippen LogP contribution in [0.5, 0.6) is 0 Å². The lowest BCUT2D eigenvalue weighted by Gasteiger charge is -2.07. The molecule has 6 heteroatoms. The van der Waals surface area contributed by atoms with E-state index in [2.05, 4.69) is 10.4 Å². The highest BCUT2D eigenvalue weighted by atomic mass is 16.5. The standard InChI is InChI=1S/C14H23N3O3/c1-3-5-10-17-13(18)8-7-12(16-17)14(19)15-9-6-11-20-4-2/h7-8H,3-6,9-11H2,1-2H3,(H,15,19). The molecule has 0 aliphatic carbocycles. The summed E-state index contributed by atoms with van der Waals surface area (Å²) in [6.07, 6.45) is 2.60. The van der Waals surface area contributed by atoms with Crippen LogP contribution < -0.4 is 10.9 Å². The van der Waals surface area contributed by atoms with Crippen LogP contribution in [0.4, 0.5) is 0 Å². The van der Waals surface area contributed by atoms with E-state index in [-0.39, 0.29) is 17.2 Å². The molecular formula is C14H23N3O3. The highest BCUT2D eigenvalue weighted by Gasteiger charge is 2.08. The van der Waals surface area contributed by atoms with Crippen LogP contribution in [0.3, 0.4) is 0 Å². The van der Waals surface area contributed by atoms with Gasteiger partial charge < -0.3 is 10.1 Å². The zero-order valence-electron chi connectivity index (χ0n) is 12.2. The highest BCUT2D eigenvalue weighted by molar-refractivity contribution is 5.91. The van der Waals surface area contributed by atoms with Crippen molar-refractivity contribution in [3.63, 3.8) is 0 Å². The third-order valence-corrected chi connectivity index (χ3v) is 2.78. The number of ether oxygens (including phenoxy) is 1. The van der Waals surface area contributed by atoms with Gasteiger partial charge in [0.2, 0.25) is 0 Å². The summed E-state index contributed by atoms with van der Waals surface area (Å²) in [5.74, 6) is -0.258. The molecule has 0 atom stereocenters. The van der Waals surface area contributed by atoms with Gasteiger partial charge in [0, 0.05) is 32.4 Å². The number of carbonyl (C=O) groups excluding carboxylic acids is 1. The predicted octanol–water partition coefficient (Wildman–Crippen LogP) is 1.20. The Bertz CT molecular complexity index is 471. The van der Waals surface area contributed by atoms with E-state index >= 15 is 0 Å². The van der Waals surface area contributed by atoms with Crippen LogP contribution >= 0.6 is 0 Å². The van der Waals surface area contributed by atoms with Crippen molar-refractivity contribution in [1.29, 1.82) is 0 Å². The normalized spacial score (nSPS) is 10.5. The van der Waals surface area contributed by atoms with E-state index in [4.69, 9.17) is 4.74 Å². The lowest BCUT2D eigenvalue weighted by atomic mass is 10.3. The molecule has 0 bridgehead atoms. The molecule has 1 aromatic heterocycles. The largest absolute Gasteiger partial charge is 0.382 e. The van der Waals surface area contributed by atoms with Crippen LogP contribution in [0, 0.1) is 0 Å². The molecule has 0 radical (unpaired) electrons. The van der Waals surface area contributed by atoms with Crippen LogP contribution in [-0.4, -0.2) is 35.4 Å². The minimum atomic E-state index is -0.258. The Morgan fingerprint density at radius 1 is 1.35 bits per heavy atom. The van der Waals surface area contributed by atoms with Gasteiger partial charge in [-0.3, -0.25) is 9.59 Å². The Morgan fingerprint density at radius 2 is 2.15 bits per heavy atom. The fourth-order valence-electron chi connectivity index (χ4n) is 1.65. The van der Waals surface area contributed by atoms with E-state index < -0.39 is 0 Å². The van der Waals surface area contributed by atoms with Crippen molar-refractivity contribution >= 4 is 5.91 Å². The van der Waals surface area contributed by atoms with Crippen molar-refractivity contribution in [1.82, 2.24) is 15.1 Å². The van der Waals surface area contributed by atoms with Crippen molar-refractivity contribution < 1.29 is 9.53 Å². The molecule has 1 aromatic rings. The minimum Gasteiger partial charge on any atom is -0.382 e. The summed E-state index contributed by atoms with van der Waals surface area (Å²) in [4.78, 5) is 23.5. The fourth-order valence-corrected chi connectivity index (χ4v) is 1.65. The molecule has 112 valence electrons. The topological polar surface area (TPSA) is 73.2 Å². The van der Waals surface area contributed by atoms with E-state index in [0.29, 0.717) is 26.3 Å². The minimum absolute atomic E-state index is 0.175. The van der Waals surface area contributed by atoms with Gasteiger partial charge in [-0.15, -0.1) is 0 Å². The van der Waals surface area contributed by atoms with Gasteiger partial charge in [0.05, 0.1) is 0 Å².